The van der Waals surface area contributed by atoms with Crippen LogP contribution in [0.5, 0.6) is 23.0 Å². The molecule has 0 radical (unpaired) electrons. The van der Waals surface area contributed by atoms with E-state index >= 15 is 0 Å². The summed E-state index contributed by atoms with van der Waals surface area (Å²) < 4.78 is 28.9. The molecule has 0 atom stereocenters. The lowest BCUT2D eigenvalue weighted by Gasteiger charge is -2.36. The third-order valence-electron chi connectivity index (χ3n) is 15.3. The van der Waals surface area contributed by atoms with Gasteiger partial charge in [-0.05, 0) is 161 Å². The molecule has 0 heterocycles. The number of hydrogen-bond acceptors (Lipinski definition) is 4. The highest BCUT2D eigenvalue weighted by Crippen LogP contribution is 2.48. The van der Waals surface area contributed by atoms with Crippen molar-refractivity contribution in [1.29, 1.82) is 0 Å². The molecule has 424 valence electrons. The molecule has 5 rings (SSSR count). The van der Waals surface area contributed by atoms with Gasteiger partial charge in [-0.1, -0.05) is 215 Å². The Morgan fingerprint density at radius 3 is 0.526 bits per heavy atom. The van der Waals surface area contributed by atoms with Crippen molar-refractivity contribution in [1.82, 2.24) is 0 Å². The fourth-order valence-electron chi connectivity index (χ4n) is 13.7. The maximum Gasteiger partial charge on any atom is 0.126 e. The van der Waals surface area contributed by atoms with Crippen molar-refractivity contribution in [3.8, 4) is 23.0 Å². The van der Waals surface area contributed by atoms with Crippen molar-refractivity contribution in [2.45, 2.75) is 265 Å². The van der Waals surface area contributed by atoms with E-state index in [1.165, 1.54) is 66.8 Å². The average Bonchev–Trinajstić information content (AvgIpc) is 3.24. The average molecular weight is 1040 g/mol. The van der Waals surface area contributed by atoms with E-state index in [1.54, 1.807) is 0 Å². The maximum atomic E-state index is 7.21. The smallest absolute Gasteiger partial charge is 0.126 e. The first-order valence-corrected chi connectivity index (χ1v) is 30.1. The van der Waals surface area contributed by atoms with Crippen LogP contribution < -0.4 is 18.9 Å². The van der Waals surface area contributed by atoms with Gasteiger partial charge in [0.2, 0.25) is 0 Å². The quantitative estimate of drug-likeness (QED) is 0.0778. The molecular formula is C72H112O4. The van der Waals surface area contributed by atoms with Gasteiger partial charge in [-0.25, -0.2) is 0 Å². The minimum absolute atomic E-state index is 0.117. The summed E-state index contributed by atoms with van der Waals surface area (Å²) in [7, 11) is 0. The van der Waals surface area contributed by atoms with Crippen LogP contribution in [0.4, 0.5) is 0 Å². The van der Waals surface area contributed by atoms with Crippen LogP contribution in [0.2, 0.25) is 0 Å². The lowest BCUT2D eigenvalue weighted by Crippen LogP contribution is -2.26. The Labute approximate surface area is 468 Å². The van der Waals surface area contributed by atoms with Gasteiger partial charge in [0.25, 0.3) is 0 Å². The molecule has 1 aliphatic rings. The highest BCUT2D eigenvalue weighted by molar-refractivity contribution is 5.60. The predicted octanol–water partition coefficient (Wildman–Crippen LogP) is 20.4. The molecule has 1 aliphatic carbocycles. The zero-order valence-electron chi connectivity index (χ0n) is 53.6. The lowest BCUT2D eigenvalue weighted by atomic mass is 9.70. The molecule has 0 unspecified atom stereocenters. The van der Waals surface area contributed by atoms with Gasteiger partial charge in [-0.15, -0.1) is 0 Å². The standard InChI is InChI=1S/C72H112O4/c1-25-29-73-61-49-33-51-39-58(70(19,20)46-66(8,9)10)41-53(62(51)74-30-26-2)35-55-43-60(72(23,24)48-68(14,15)16)44-56(64(55)76-32-28-4)36-54-42-59(71(21,22)47-67(11,12)13)40-52(63(54)75-31-27-3)34-50(61)38-57(37-49)69(17,18)45-65(5,6)7/h37-44H,25-36,45-48H2,1-24H3. The summed E-state index contributed by atoms with van der Waals surface area (Å²) in [6.45, 7) is 59.7. The molecule has 0 fully saturated rings. The van der Waals surface area contributed by atoms with E-state index in [9.17, 15) is 0 Å². The summed E-state index contributed by atoms with van der Waals surface area (Å²) >= 11 is 0. The number of ether oxygens (including phenoxy) is 4. The van der Waals surface area contributed by atoms with Crippen molar-refractivity contribution in [2.75, 3.05) is 26.4 Å². The summed E-state index contributed by atoms with van der Waals surface area (Å²) in [4.78, 5) is 0. The van der Waals surface area contributed by atoms with Crippen LogP contribution in [0.15, 0.2) is 48.5 Å². The Morgan fingerprint density at radius 2 is 0.408 bits per heavy atom. The molecule has 0 amide bonds. The highest BCUT2D eigenvalue weighted by Gasteiger charge is 2.36. The van der Waals surface area contributed by atoms with E-state index in [-0.39, 0.29) is 43.3 Å². The second-order valence-corrected chi connectivity index (χ2v) is 31.1. The first-order valence-electron chi connectivity index (χ1n) is 30.1. The van der Waals surface area contributed by atoms with E-state index < -0.39 is 0 Å². The van der Waals surface area contributed by atoms with Crippen molar-refractivity contribution in [2.24, 2.45) is 21.7 Å². The zero-order valence-corrected chi connectivity index (χ0v) is 53.6. The molecule has 0 aliphatic heterocycles. The molecule has 0 N–H and O–H groups in total. The molecule has 4 heteroatoms. The van der Waals surface area contributed by atoms with Crippen molar-refractivity contribution >= 4 is 0 Å². The van der Waals surface area contributed by atoms with E-state index in [0.717, 1.165) is 74.4 Å². The minimum atomic E-state index is -0.117. The van der Waals surface area contributed by atoms with E-state index in [1.807, 2.05) is 0 Å². The van der Waals surface area contributed by atoms with Crippen LogP contribution in [-0.4, -0.2) is 26.4 Å². The first-order chi connectivity index (χ1) is 34.9. The summed E-state index contributed by atoms with van der Waals surface area (Å²) in [6.07, 6.45) is 10.6. The number of hydrogen-bond donors (Lipinski definition) is 0. The Balaban J connectivity index is 2.11. The number of fused-ring (bicyclic) bond motifs is 8. The normalized spacial score (nSPS) is 14.2. The van der Waals surface area contributed by atoms with Crippen LogP contribution in [0.1, 0.15) is 284 Å². The van der Waals surface area contributed by atoms with Gasteiger partial charge >= 0.3 is 0 Å². The molecule has 0 aromatic heterocycles. The summed E-state index contributed by atoms with van der Waals surface area (Å²) in [5.74, 6) is 4.06. The van der Waals surface area contributed by atoms with Crippen molar-refractivity contribution in [3.63, 3.8) is 0 Å². The highest BCUT2D eigenvalue weighted by atomic mass is 16.5. The summed E-state index contributed by atoms with van der Waals surface area (Å²) in [6, 6.07) is 20.2. The van der Waals surface area contributed by atoms with E-state index in [2.05, 4.69) is 215 Å². The Bertz CT molecular complexity index is 2120. The molecule has 8 bridgehead atoms. The second kappa shape index (κ2) is 24.2. The van der Waals surface area contributed by atoms with Crippen molar-refractivity contribution < 1.29 is 18.9 Å². The third-order valence-corrected chi connectivity index (χ3v) is 15.3. The maximum absolute atomic E-state index is 7.21. The predicted molar refractivity (Wildman–Crippen MR) is 329 cm³/mol. The largest absolute Gasteiger partial charge is 0.493 e. The van der Waals surface area contributed by atoms with Crippen LogP contribution in [0, 0.1) is 21.7 Å². The van der Waals surface area contributed by atoms with Gasteiger partial charge in [0.05, 0.1) is 26.4 Å². The Morgan fingerprint density at radius 1 is 0.263 bits per heavy atom. The SMILES string of the molecule is CCCOc1c2cc(C(C)(C)CC(C)(C)C)cc1Cc1cc(C(C)(C)CC(C)(C)C)cc(c1OCCC)Cc1cc(C(C)(C)CC(C)(C)C)cc(c1OCCC)Cc1cc(C(C)(C)CC(C)(C)C)cc(c1OCCC)C2. The van der Waals surface area contributed by atoms with Gasteiger partial charge in [-0.3, -0.25) is 0 Å². The van der Waals surface area contributed by atoms with Crippen LogP contribution in [0.3, 0.4) is 0 Å². The van der Waals surface area contributed by atoms with E-state index in [4.69, 9.17) is 18.9 Å². The minimum Gasteiger partial charge on any atom is -0.493 e. The molecule has 76 heavy (non-hydrogen) atoms. The van der Waals surface area contributed by atoms with Gasteiger partial charge in [0.1, 0.15) is 23.0 Å². The number of benzene rings is 4. The molecule has 4 aromatic rings. The molecule has 4 nitrogen and oxygen atoms in total. The van der Waals surface area contributed by atoms with E-state index in [0.29, 0.717) is 52.1 Å². The Kier molecular flexibility index (Phi) is 20.0. The molecular weight excluding hydrogens is 929 g/mol. The summed E-state index contributed by atoms with van der Waals surface area (Å²) in [5, 5.41) is 0. The molecule has 0 saturated carbocycles. The van der Waals surface area contributed by atoms with Crippen LogP contribution in [0.25, 0.3) is 0 Å². The molecule has 0 spiro atoms. The fourth-order valence-corrected chi connectivity index (χ4v) is 13.7. The zero-order chi connectivity index (χ0) is 57.0. The molecule has 0 saturated heterocycles. The monoisotopic (exact) mass is 1040 g/mol. The Hall–Kier alpha value is -3.92. The lowest BCUT2D eigenvalue weighted by molar-refractivity contribution is 0.282. The topological polar surface area (TPSA) is 36.9 Å². The van der Waals surface area contributed by atoms with Gasteiger partial charge in [0, 0.05) is 25.7 Å². The fraction of sp³-hybridized carbons (Fsp3) is 0.667. The number of rotatable bonds is 20. The van der Waals surface area contributed by atoms with Gasteiger partial charge in [0.15, 0.2) is 0 Å². The molecule has 4 aromatic carbocycles. The first kappa shape index (κ1) is 62.9. The summed E-state index contributed by atoms with van der Waals surface area (Å²) in [5.41, 5.74) is 15.3. The van der Waals surface area contributed by atoms with Gasteiger partial charge < -0.3 is 18.9 Å². The third kappa shape index (κ3) is 17.0. The second-order valence-electron chi connectivity index (χ2n) is 31.1. The van der Waals surface area contributed by atoms with Crippen LogP contribution in [-0.2, 0) is 47.3 Å². The van der Waals surface area contributed by atoms with Crippen LogP contribution >= 0.6 is 0 Å². The van der Waals surface area contributed by atoms with Crippen molar-refractivity contribution in [3.05, 3.63) is 115 Å². The van der Waals surface area contributed by atoms with Gasteiger partial charge in [-0.2, -0.15) is 0 Å².